The predicted octanol–water partition coefficient (Wildman–Crippen LogP) is 0.736. The molecular formula is C4H10NOP. The minimum Gasteiger partial charge on any atom is -0.338 e. The second-order valence-corrected chi connectivity index (χ2v) is 1.90. The Morgan fingerprint density at radius 2 is 2.43 bits per heavy atom. The molecular weight excluding hydrogens is 109 g/mol. The zero-order valence-electron chi connectivity index (χ0n) is 4.62. The van der Waals surface area contributed by atoms with E-state index in [1.54, 1.807) is 0 Å². The minimum absolute atomic E-state index is 0.140. The Bertz CT molecular complexity index is 64.7. The molecule has 0 aromatic rings. The highest BCUT2D eigenvalue weighted by molar-refractivity contribution is 7.35. The van der Waals surface area contributed by atoms with Crippen molar-refractivity contribution in [2.75, 3.05) is 6.66 Å². The van der Waals surface area contributed by atoms with Gasteiger partial charge in [0.05, 0.1) is 0 Å². The van der Waals surface area contributed by atoms with E-state index < -0.39 is 0 Å². The first kappa shape index (κ1) is 6.90. The van der Waals surface area contributed by atoms with Gasteiger partial charge in [0.15, 0.2) is 0 Å². The van der Waals surface area contributed by atoms with Crippen molar-refractivity contribution in [1.29, 1.82) is 0 Å². The molecule has 7 heavy (non-hydrogen) atoms. The standard InChI is InChI=1S/C4H10NOP/c1-3-4(6)5-7-2/h7H,3H2,1-2H3,(H,5,6). The highest BCUT2D eigenvalue weighted by Crippen LogP contribution is 1.92. The van der Waals surface area contributed by atoms with Gasteiger partial charge < -0.3 is 5.09 Å². The molecule has 0 aliphatic rings. The molecule has 0 aromatic heterocycles. The maximum atomic E-state index is 10.3. The van der Waals surface area contributed by atoms with Gasteiger partial charge in [0.2, 0.25) is 5.91 Å². The summed E-state index contributed by atoms with van der Waals surface area (Å²) in [6.07, 6.45) is 0.598. The smallest absolute Gasteiger partial charge is 0.222 e. The summed E-state index contributed by atoms with van der Waals surface area (Å²) in [6, 6.07) is 0. The number of hydrogen-bond acceptors (Lipinski definition) is 1. The van der Waals surface area contributed by atoms with Crippen LogP contribution in [0.15, 0.2) is 0 Å². The third-order valence-electron chi connectivity index (χ3n) is 0.586. The summed E-state index contributed by atoms with van der Waals surface area (Å²) in [5.41, 5.74) is 0. The first-order valence-electron chi connectivity index (χ1n) is 2.26. The molecule has 1 N–H and O–H groups in total. The average Bonchev–Trinajstić information content (AvgIpc) is 1.68. The Balaban J connectivity index is 3.00. The molecule has 42 valence electrons. The lowest BCUT2D eigenvalue weighted by Crippen LogP contribution is -2.10. The molecule has 0 aromatic carbocycles. The van der Waals surface area contributed by atoms with E-state index in [0.29, 0.717) is 15.2 Å². The van der Waals surface area contributed by atoms with Crippen LogP contribution in [-0.2, 0) is 4.79 Å². The van der Waals surface area contributed by atoms with Crippen molar-refractivity contribution < 1.29 is 4.79 Å². The van der Waals surface area contributed by atoms with Gasteiger partial charge in [-0.3, -0.25) is 4.79 Å². The summed E-state index contributed by atoms with van der Waals surface area (Å²) < 4.78 is 0. The molecule has 0 saturated heterocycles. The molecule has 0 aliphatic carbocycles. The van der Waals surface area contributed by atoms with Gasteiger partial charge in [-0.2, -0.15) is 0 Å². The van der Waals surface area contributed by atoms with Crippen LogP contribution in [0.4, 0.5) is 0 Å². The van der Waals surface area contributed by atoms with E-state index >= 15 is 0 Å². The molecule has 3 heteroatoms. The Morgan fingerprint density at radius 1 is 1.86 bits per heavy atom. The third-order valence-corrected chi connectivity index (χ3v) is 1.11. The number of hydrogen-bond donors (Lipinski definition) is 1. The summed E-state index contributed by atoms with van der Waals surface area (Å²) in [5.74, 6) is 0.140. The van der Waals surface area contributed by atoms with Crippen molar-refractivity contribution in [2.24, 2.45) is 0 Å². The van der Waals surface area contributed by atoms with Crippen molar-refractivity contribution in [3.8, 4) is 0 Å². The SMILES string of the molecule is CCC(=O)NPC. The lowest BCUT2D eigenvalue weighted by Gasteiger charge is -1.93. The van der Waals surface area contributed by atoms with Gasteiger partial charge in [0.25, 0.3) is 0 Å². The van der Waals surface area contributed by atoms with Gasteiger partial charge in [-0.25, -0.2) is 0 Å². The second-order valence-electron chi connectivity index (χ2n) is 1.15. The highest BCUT2D eigenvalue weighted by Gasteiger charge is 1.88. The highest BCUT2D eigenvalue weighted by atomic mass is 31.1. The van der Waals surface area contributed by atoms with Crippen molar-refractivity contribution in [1.82, 2.24) is 5.09 Å². The quantitative estimate of drug-likeness (QED) is 0.533. The van der Waals surface area contributed by atoms with E-state index in [-0.39, 0.29) is 5.91 Å². The van der Waals surface area contributed by atoms with Gasteiger partial charge >= 0.3 is 0 Å². The first-order valence-corrected chi connectivity index (χ1v) is 3.76. The number of amides is 1. The molecule has 0 fully saturated rings. The van der Waals surface area contributed by atoms with Gasteiger partial charge in [-0.1, -0.05) is 6.92 Å². The van der Waals surface area contributed by atoms with Crippen LogP contribution in [0.1, 0.15) is 13.3 Å². The Hall–Kier alpha value is -0.100. The molecule has 1 atom stereocenters. The second kappa shape index (κ2) is 4.07. The van der Waals surface area contributed by atoms with Crippen molar-refractivity contribution in [3.05, 3.63) is 0 Å². The molecule has 0 bridgehead atoms. The van der Waals surface area contributed by atoms with Crippen LogP contribution in [0.2, 0.25) is 0 Å². The third kappa shape index (κ3) is 3.74. The first-order chi connectivity index (χ1) is 3.31. The lowest BCUT2D eigenvalue weighted by molar-refractivity contribution is -0.118. The zero-order valence-corrected chi connectivity index (χ0v) is 5.62. The lowest BCUT2D eigenvalue weighted by atomic mass is 10.5. The molecule has 1 amide bonds. The fourth-order valence-electron chi connectivity index (χ4n) is 0.228. The largest absolute Gasteiger partial charge is 0.338 e. The van der Waals surface area contributed by atoms with Gasteiger partial charge in [-0.05, 0) is 15.4 Å². The summed E-state index contributed by atoms with van der Waals surface area (Å²) in [4.78, 5) is 10.3. The normalized spacial score (nSPS) is 10.0. The van der Waals surface area contributed by atoms with E-state index in [1.165, 1.54) is 0 Å². The fraction of sp³-hybridized carbons (Fsp3) is 0.750. The van der Waals surface area contributed by atoms with Gasteiger partial charge in [0, 0.05) is 6.42 Å². The molecule has 2 nitrogen and oxygen atoms in total. The number of carbonyl (C=O) groups is 1. The van der Waals surface area contributed by atoms with Crippen LogP contribution in [0.3, 0.4) is 0 Å². The fourth-order valence-corrected chi connectivity index (χ4v) is 0.683. The monoisotopic (exact) mass is 119 g/mol. The topological polar surface area (TPSA) is 29.1 Å². The molecule has 1 unspecified atom stereocenters. The Morgan fingerprint density at radius 3 is 2.57 bits per heavy atom. The molecule has 0 spiro atoms. The van der Waals surface area contributed by atoms with E-state index in [9.17, 15) is 4.79 Å². The molecule has 0 rings (SSSR count). The van der Waals surface area contributed by atoms with Crippen LogP contribution in [0.25, 0.3) is 0 Å². The van der Waals surface area contributed by atoms with Crippen molar-refractivity contribution in [2.45, 2.75) is 13.3 Å². The number of carbonyl (C=O) groups excluding carboxylic acids is 1. The average molecular weight is 119 g/mol. The Kier molecular flexibility index (Phi) is 4.01. The minimum atomic E-state index is 0.140. The summed E-state index contributed by atoms with van der Waals surface area (Å²) in [6.45, 7) is 3.78. The maximum Gasteiger partial charge on any atom is 0.222 e. The maximum absolute atomic E-state index is 10.3. The molecule has 0 aliphatic heterocycles. The van der Waals surface area contributed by atoms with Gasteiger partial charge in [0.1, 0.15) is 0 Å². The molecule has 0 saturated carbocycles. The van der Waals surface area contributed by atoms with Crippen LogP contribution >= 0.6 is 8.73 Å². The summed E-state index contributed by atoms with van der Waals surface area (Å²) in [7, 11) is 0.545. The Labute approximate surface area is 45.5 Å². The van der Waals surface area contributed by atoms with Crippen LogP contribution in [0.5, 0.6) is 0 Å². The van der Waals surface area contributed by atoms with E-state index in [2.05, 4.69) is 5.09 Å². The zero-order chi connectivity index (χ0) is 5.70. The molecule has 0 heterocycles. The molecule has 0 radical (unpaired) electrons. The van der Waals surface area contributed by atoms with Crippen molar-refractivity contribution in [3.63, 3.8) is 0 Å². The van der Waals surface area contributed by atoms with E-state index in [0.717, 1.165) is 0 Å². The van der Waals surface area contributed by atoms with Crippen molar-refractivity contribution >= 4 is 14.6 Å². The van der Waals surface area contributed by atoms with Crippen LogP contribution in [-0.4, -0.2) is 12.6 Å². The van der Waals surface area contributed by atoms with Crippen LogP contribution in [0, 0.1) is 0 Å². The summed E-state index contributed by atoms with van der Waals surface area (Å²) >= 11 is 0. The van der Waals surface area contributed by atoms with Gasteiger partial charge in [-0.15, -0.1) is 0 Å². The van der Waals surface area contributed by atoms with Crippen LogP contribution < -0.4 is 5.09 Å². The summed E-state index contributed by atoms with van der Waals surface area (Å²) in [5, 5.41) is 2.68. The van der Waals surface area contributed by atoms with E-state index in [4.69, 9.17) is 0 Å². The number of rotatable bonds is 2. The predicted molar refractivity (Wildman–Crippen MR) is 32.7 cm³/mol. The number of nitrogens with one attached hydrogen (secondary N) is 1. The van der Waals surface area contributed by atoms with E-state index in [1.807, 2.05) is 13.6 Å².